The molecule has 0 saturated heterocycles. The minimum absolute atomic E-state index is 0.0423. The van der Waals surface area contributed by atoms with Gasteiger partial charge in [0.25, 0.3) is 11.5 Å². The second kappa shape index (κ2) is 11.0. The van der Waals surface area contributed by atoms with E-state index in [1.54, 1.807) is 0 Å². The molecule has 1 heterocycles. The third kappa shape index (κ3) is 5.49. The maximum Gasteiger partial charge on any atom is 0.326 e. The Morgan fingerprint density at radius 3 is 2.61 bits per heavy atom. The summed E-state index contributed by atoms with van der Waals surface area (Å²) >= 11 is 0. The van der Waals surface area contributed by atoms with Crippen LogP contribution in [0.2, 0.25) is 0 Å². The van der Waals surface area contributed by atoms with Crippen molar-refractivity contribution >= 4 is 17.5 Å². The third-order valence-electron chi connectivity index (χ3n) is 7.36. The summed E-state index contributed by atoms with van der Waals surface area (Å²) in [6.45, 7) is 0.487. The standard InChI is InChI=1S/C28H31N5O5/c29-23-24(32-28(37)33-26(23)35)27(36)30-18-13-12-17(14-18)25(34)31-21-10-4-9-20-19(21)8-5-11-22(20)38-15-16-6-2-1-3-7-16/h1-3,5-8,11,17-18,21H,4,9-10,12-15,29H2,(H,30,36)(H,31,34)(H2,32,33,35,37)/t17-,18+,21-/m1/s1. The number of ether oxygens (including phenoxy) is 1. The average molecular weight is 518 g/mol. The number of hydrogen-bond donors (Lipinski definition) is 5. The van der Waals surface area contributed by atoms with Crippen molar-refractivity contribution in [1.82, 2.24) is 20.6 Å². The van der Waals surface area contributed by atoms with E-state index < -0.39 is 17.2 Å². The molecule has 0 bridgehead atoms. The lowest BCUT2D eigenvalue weighted by Crippen LogP contribution is -2.39. The minimum atomic E-state index is -0.816. The Hall–Kier alpha value is -4.34. The van der Waals surface area contributed by atoms with Crippen LogP contribution in [0.3, 0.4) is 0 Å². The molecule has 10 heteroatoms. The van der Waals surface area contributed by atoms with Crippen LogP contribution in [-0.4, -0.2) is 27.8 Å². The number of carbonyl (C=O) groups excluding carboxylic acids is 2. The van der Waals surface area contributed by atoms with Crippen molar-refractivity contribution < 1.29 is 14.3 Å². The van der Waals surface area contributed by atoms with Crippen LogP contribution in [0.4, 0.5) is 5.69 Å². The van der Waals surface area contributed by atoms with E-state index in [4.69, 9.17) is 10.5 Å². The summed E-state index contributed by atoms with van der Waals surface area (Å²) < 4.78 is 6.15. The molecule has 5 rings (SSSR count). The number of nitrogens with one attached hydrogen (secondary N) is 4. The number of aromatic nitrogens is 2. The molecule has 198 valence electrons. The number of anilines is 1. The fourth-order valence-corrected chi connectivity index (χ4v) is 5.41. The molecule has 1 saturated carbocycles. The third-order valence-corrected chi connectivity index (χ3v) is 7.36. The van der Waals surface area contributed by atoms with Crippen LogP contribution >= 0.6 is 0 Å². The lowest BCUT2D eigenvalue weighted by atomic mass is 9.86. The normalized spacial score (nSPS) is 20.4. The summed E-state index contributed by atoms with van der Waals surface area (Å²) in [6, 6.07) is 15.7. The molecule has 2 aromatic carbocycles. The SMILES string of the molecule is Nc1c(C(=O)N[C@H]2CC[C@@H](C(=O)N[C@@H]3CCCc4c(OCc5ccccc5)cccc43)C2)[nH]c(=O)[nH]c1=O. The molecule has 0 aliphatic heterocycles. The van der Waals surface area contributed by atoms with E-state index in [1.807, 2.05) is 47.4 Å². The van der Waals surface area contributed by atoms with Crippen LogP contribution in [0.25, 0.3) is 0 Å². The van der Waals surface area contributed by atoms with E-state index in [0.717, 1.165) is 41.7 Å². The van der Waals surface area contributed by atoms with E-state index in [1.165, 1.54) is 0 Å². The maximum absolute atomic E-state index is 13.2. The lowest BCUT2D eigenvalue weighted by Gasteiger charge is -2.29. The van der Waals surface area contributed by atoms with Crippen LogP contribution in [-0.2, 0) is 17.8 Å². The van der Waals surface area contributed by atoms with Gasteiger partial charge in [0.2, 0.25) is 5.91 Å². The molecule has 0 spiro atoms. The van der Waals surface area contributed by atoms with Crippen LogP contribution in [0.1, 0.15) is 65.3 Å². The molecule has 6 N–H and O–H groups in total. The van der Waals surface area contributed by atoms with Gasteiger partial charge in [-0.05, 0) is 61.3 Å². The molecule has 0 unspecified atom stereocenters. The zero-order chi connectivity index (χ0) is 26.6. The van der Waals surface area contributed by atoms with Gasteiger partial charge in [-0.1, -0.05) is 42.5 Å². The molecular weight excluding hydrogens is 486 g/mol. The number of aromatic amines is 2. The molecule has 1 aromatic heterocycles. The highest BCUT2D eigenvalue weighted by atomic mass is 16.5. The largest absolute Gasteiger partial charge is 0.489 e. The van der Waals surface area contributed by atoms with E-state index >= 15 is 0 Å². The van der Waals surface area contributed by atoms with Gasteiger partial charge in [0, 0.05) is 12.0 Å². The van der Waals surface area contributed by atoms with Gasteiger partial charge < -0.3 is 26.1 Å². The molecule has 2 aliphatic carbocycles. The van der Waals surface area contributed by atoms with Crippen LogP contribution in [0.15, 0.2) is 58.1 Å². The number of benzene rings is 2. The molecule has 38 heavy (non-hydrogen) atoms. The van der Waals surface area contributed by atoms with Gasteiger partial charge in [0.05, 0.1) is 6.04 Å². The number of nitrogen functional groups attached to an aromatic ring is 1. The molecule has 0 radical (unpaired) electrons. The van der Waals surface area contributed by atoms with E-state index in [9.17, 15) is 19.2 Å². The highest BCUT2D eigenvalue weighted by molar-refractivity contribution is 5.97. The minimum Gasteiger partial charge on any atom is -0.489 e. The van der Waals surface area contributed by atoms with Gasteiger partial charge in [0.1, 0.15) is 23.7 Å². The van der Waals surface area contributed by atoms with Crippen LogP contribution in [0, 0.1) is 5.92 Å². The summed E-state index contributed by atoms with van der Waals surface area (Å²) in [5, 5.41) is 6.02. The molecule has 10 nitrogen and oxygen atoms in total. The fourth-order valence-electron chi connectivity index (χ4n) is 5.41. The van der Waals surface area contributed by atoms with Crippen molar-refractivity contribution in [2.75, 3.05) is 5.73 Å². The van der Waals surface area contributed by atoms with Gasteiger partial charge in [-0.2, -0.15) is 0 Å². The van der Waals surface area contributed by atoms with Crippen molar-refractivity contribution in [2.24, 2.45) is 5.92 Å². The maximum atomic E-state index is 13.2. The summed E-state index contributed by atoms with van der Waals surface area (Å²) in [4.78, 5) is 53.3. The Bertz CT molecular complexity index is 1450. The Morgan fingerprint density at radius 2 is 1.79 bits per heavy atom. The summed E-state index contributed by atoms with van der Waals surface area (Å²) in [5.41, 5.74) is 6.75. The number of rotatable bonds is 7. The van der Waals surface area contributed by atoms with Crippen molar-refractivity contribution in [2.45, 2.75) is 57.2 Å². The first-order valence-corrected chi connectivity index (χ1v) is 12.9. The summed E-state index contributed by atoms with van der Waals surface area (Å²) in [6.07, 6.45) is 4.39. The van der Waals surface area contributed by atoms with Crippen molar-refractivity contribution in [3.05, 3.63) is 91.8 Å². The smallest absolute Gasteiger partial charge is 0.326 e. The molecule has 3 atom stereocenters. The van der Waals surface area contributed by atoms with Gasteiger partial charge >= 0.3 is 5.69 Å². The van der Waals surface area contributed by atoms with Gasteiger partial charge in [-0.15, -0.1) is 0 Å². The molecular formula is C28H31N5O5. The van der Waals surface area contributed by atoms with Gasteiger partial charge in [-0.25, -0.2) is 4.79 Å². The number of fused-ring (bicyclic) bond motifs is 1. The average Bonchev–Trinajstić information content (AvgIpc) is 3.39. The topological polar surface area (TPSA) is 159 Å². The first kappa shape index (κ1) is 25.3. The monoisotopic (exact) mass is 517 g/mol. The van der Waals surface area contributed by atoms with E-state index in [-0.39, 0.29) is 35.3 Å². The summed E-state index contributed by atoms with van der Waals surface area (Å²) in [7, 11) is 0. The first-order chi connectivity index (χ1) is 18.4. The van der Waals surface area contributed by atoms with E-state index in [2.05, 4.69) is 21.7 Å². The second-order valence-corrected chi connectivity index (χ2v) is 9.93. The number of H-pyrrole nitrogens is 2. The van der Waals surface area contributed by atoms with Crippen molar-refractivity contribution in [3.63, 3.8) is 0 Å². The number of amides is 2. The summed E-state index contributed by atoms with van der Waals surface area (Å²) in [5.74, 6) is -0.0787. The Balaban J connectivity index is 1.20. The molecule has 2 amide bonds. The number of nitrogens with two attached hydrogens (primary N) is 1. The molecule has 2 aliphatic rings. The van der Waals surface area contributed by atoms with Gasteiger partial charge in [-0.3, -0.25) is 19.4 Å². The van der Waals surface area contributed by atoms with E-state index in [0.29, 0.717) is 25.9 Å². The first-order valence-electron chi connectivity index (χ1n) is 12.9. The quantitative estimate of drug-likeness (QED) is 0.323. The molecule has 3 aromatic rings. The van der Waals surface area contributed by atoms with Gasteiger partial charge in [0.15, 0.2) is 0 Å². The number of hydrogen-bond acceptors (Lipinski definition) is 6. The fraction of sp³-hybridized carbons (Fsp3) is 0.357. The highest BCUT2D eigenvalue weighted by Crippen LogP contribution is 2.36. The Morgan fingerprint density at radius 1 is 0.974 bits per heavy atom. The lowest BCUT2D eigenvalue weighted by molar-refractivity contribution is -0.125. The van der Waals surface area contributed by atoms with Crippen LogP contribution in [0.5, 0.6) is 5.75 Å². The zero-order valence-electron chi connectivity index (χ0n) is 20.9. The van der Waals surface area contributed by atoms with Crippen molar-refractivity contribution in [3.8, 4) is 5.75 Å². The Labute approximate surface area is 219 Å². The Kier molecular flexibility index (Phi) is 7.30. The number of carbonyl (C=O) groups is 2. The van der Waals surface area contributed by atoms with Crippen molar-refractivity contribution in [1.29, 1.82) is 0 Å². The second-order valence-electron chi connectivity index (χ2n) is 9.93. The molecule has 1 fully saturated rings. The zero-order valence-corrected chi connectivity index (χ0v) is 20.9. The van der Waals surface area contributed by atoms with Crippen LogP contribution < -0.4 is 32.4 Å². The predicted molar refractivity (Wildman–Crippen MR) is 142 cm³/mol. The predicted octanol–water partition coefficient (Wildman–Crippen LogP) is 2.32. The highest BCUT2D eigenvalue weighted by Gasteiger charge is 2.33.